The summed E-state index contributed by atoms with van der Waals surface area (Å²) in [6, 6.07) is 16.0. The van der Waals surface area contributed by atoms with Crippen molar-refractivity contribution in [3.05, 3.63) is 64.7 Å². The smallest absolute Gasteiger partial charge is 0.224 e. The van der Waals surface area contributed by atoms with Crippen molar-refractivity contribution >= 4 is 17.5 Å². The van der Waals surface area contributed by atoms with Gasteiger partial charge in [0.05, 0.1) is 13.2 Å². The molecule has 2 aromatic rings. The number of nitrogens with one attached hydrogen (secondary N) is 1. The molecule has 2 saturated carbocycles. The number of rotatable bonds is 6. The fraction of sp³-hybridized carbons (Fsp3) is 0.381. The number of amides is 1. The zero-order valence-corrected chi connectivity index (χ0v) is 15.0. The van der Waals surface area contributed by atoms with Crippen LogP contribution in [0.15, 0.2) is 48.5 Å². The van der Waals surface area contributed by atoms with Crippen LogP contribution in [0.3, 0.4) is 0 Å². The van der Waals surface area contributed by atoms with Crippen LogP contribution in [0.25, 0.3) is 0 Å². The van der Waals surface area contributed by atoms with Crippen LogP contribution in [-0.4, -0.2) is 13.0 Å². The van der Waals surface area contributed by atoms with Gasteiger partial charge in [0.25, 0.3) is 0 Å². The van der Waals surface area contributed by atoms with Crippen molar-refractivity contribution in [3.63, 3.8) is 0 Å². The lowest BCUT2D eigenvalue weighted by Gasteiger charge is -2.19. The third-order valence-corrected chi connectivity index (χ3v) is 5.64. The maximum absolute atomic E-state index is 12.8. The Kier molecular flexibility index (Phi) is 4.43. The summed E-state index contributed by atoms with van der Waals surface area (Å²) in [7, 11) is 1.66. The molecule has 3 atom stereocenters. The van der Waals surface area contributed by atoms with Crippen LogP contribution in [0.2, 0.25) is 5.02 Å². The summed E-state index contributed by atoms with van der Waals surface area (Å²) >= 11 is 6.28. The first-order valence-corrected chi connectivity index (χ1v) is 9.24. The molecule has 0 spiro atoms. The lowest BCUT2D eigenvalue weighted by atomic mass is 10.0. The SMILES string of the molecule is COc1ccc(C(NC(=O)C2CC2c2ccccc2Cl)C2CC2)cc1. The molecule has 1 amide bonds. The molecule has 0 aliphatic heterocycles. The highest BCUT2D eigenvalue weighted by Crippen LogP contribution is 2.50. The van der Waals surface area contributed by atoms with Gasteiger partial charge in [-0.1, -0.05) is 41.9 Å². The van der Waals surface area contributed by atoms with E-state index in [-0.39, 0.29) is 23.8 Å². The van der Waals surface area contributed by atoms with E-state index in [9.17, 15) is 4.79 Å². The van der Waals surface area contributed by atoms with Gasteiger partial charge in [0.15, 0.2) is 0 Å². The second-order valence-corrected chi connectivity index (χ2v) is 7.47. The molecule has 0 bridgehead atoms. The number of methoxy groups -OCH3 is 1. The Labute approximate surface area is 153 Å². The lowest BCUT2D eigenvalue weighted by Crippen LogP contribution is -2.31. The number of halogens is 1. The van der Waals surface area contributed by atoms with Crippen molar-refractivity contribution in [3.8, 4) is 5.75 Å². The molecule has 0 radical (unpaired) electrons. The van der Waals surface area contributed by atoms with Gasteiger partial charge in [0.2, 0.25) is 5.91 Å². The van der Waals surface area contributed by atoms with Gasteiger partial charge in [-0.3, -0.25) is 4.79 Å². The van der Waals surface area contributed by atoms with E-state index in [4.69, 9.17) is 16.3 Å². The minimum atomic E-state index is 0.0411. The van der Waals surface area contributed by atoms with Crippen molar-refractivity contribution in [2.45, 2.75) is 31.2 Å². The van der Waals surface area contributed by atoms with Gasteiger partial charge in [0.1, 0.15) is 5.75 Å². The standard InChI is InChI=1S/C21H22ClNO2/c1-25-15-10-8-14(9-11-15)20(13-6-7-13)23-21(24)18-12-17(18)16-4-2-3-5-19(16)22/h2-5,8-11,13,17-18,20H,6-7,12H2,1H3,(H,23,24). The quantitative estimate of drug-likeness (QED) is 0.814. The third-order valence-electron chi connectivity index (χ3n) is 5.30. The van der Waals surface area contributed by atoms with Crippen LogP contribution >= 0.6 is 11.6 Å². The fourth-order valence-corrected chi connectivity index (χ4v) is 3.85. The van der Waals surface area contributed by atoms with Gasteiger partial charge in [-0.15, -0.1) is 0 Å². The molecule has 0 aromatic heterocycles. The first kappa shape index (κ1) is 16.5. The van der Waals surface area contributed by atoms with E-state index < -0.39 is 0 Å². The second kappa shape index (κ2) is 6.72. The average Bonchev–Trinajstić information content (AvgIpc) is 3.54. The van der Waals surface area contributed by atoms with Gasteiger partial charge in [-0.2, -0.15) is 0 Å². The number of carbonyl (C=O) groups excluding carboxylic acids is 1. The monoisotopic (exact) mass is 355 g/mol. The first-order valence-electron chi connectivity index (χ1n) is 8.86. The van der Waals surface area contributed by atoms with E-state index in [2.05, 4.69) is 17.4 Å². The molecule has 1 N–H and O–H groups in total. The zero-order valence-electron chi connectivity index (χ0n) is 14.2. The molecule has 0 heterocycles. The number of hydrogen-bond donors (Lipinski definition) is 1. The van der Waals surface area contributed by atoms with E-state index in [1.165, 1.54) is 12.8 Å². The highest BCUT2D eigenvalue weighted by atomic mass is 35.5. The largest absolute Gasteiger partial charge is 0.497 e. The number of hydrogen-bond acceptors (Lipinski definition) is 2. The Balaban J connectivity index is 1.44. The van der Waals surface area contributed by atoms with Gasteiger partial charge in [-0.25, -0.2) is 0 Å². The molecule has 2 aliphatic carbocycles. The van der Waals surface area contributed by atoms with Crippen LogP contribution in [-0.2, 0) is 4.79 Å². The van der Waals surface area contributed by atoms with Gasteiger partial charge in [-0.05, 0) is 60.4 Å². The Morgan fingerprint density at radius 3 is 2.52 bits per heavy atom. The number of carbonyl (C=O) groups is 1. The van der Waals surface area contributed by atoms with Crippen molar-refractivity contribution < 1.29 is 9.53 Å². The van der Waals surface area contributed by atoms with Crippen LogP contribution in [0.1, 0.15) is 42.3 Å². The molecular weight excluding hydrogens is 334 g/mol. The van der Waals surface area contributed by atoms with Crippen LogP contribution < -0.4 is 10.1 Å². The van der Waals surface area contributed by atoms with E-state index in [0.717, 1.165) is 28.3 Å². The molecule has 4 rings (SSSR count). The Hall–Kier alpha value is -2.00. The average molecular weight is 356 g/mol. The normalized spacial score (nSPS) is 23.0. The minimum absolute atomic E-state index is 0.0411. The molecule has 3 nitrogen and oxygen atoms in total. The van der Waals surface area contributed by atoms with Gasteiger partial charge < -0.3 is 10.1 Å². The van der Waals surface area contributed by atoms with Crippen molar-refractivity contribution in [1.29, 1.82) is 0 Å². The van der Waals surface area contributed by atoms with Crippen molar-refractivity contribution in [2.75, 3.05) is 7.11 Å². The van der Waals surface area contributed by atoms with Crippen LogP contribution in [0, 0.1) is 11.8 Å². The fourth-order valence-electron chi connectivity index (χ4n) is 3.58. The number of ether oxygens (including phenoxy) is 1. The van der Waals surface area contributed by atoms with Crippen LogP contribution in [0.4, 0.5) is 0 Å². The molecule has 0 saturated heterocycles. The first-order chi connectivity index (χ1) is 12.2. The second-order valence-electron chi connectivity index (χ2n) is 7.07. The maximum Gasteiger partial charge on any atom is 0.224 e. The zero-order chi connectivity index (χ0) is 17.4. The summed E-state index contributed by atoms with van der Waals surface area (Å²) in [5.41, 5.74) is 2.25. The van der Waals surface area contributed by atoms with E-state index >= 15 is 0 Å². The molecule has 130 valence electrons. The van der Waals surface area contributed by atoms with E-state index in [1.807, 2.05) is 36.4 Å². The molecule has 3 unspecified atom stereocenters. The highest BCUT2D eigenvalue weighted by Gasteiger charge is 2.46. The number of benzene rings is 2. The third kappa shape index (κ3) is 3.52. The summed E-state index contributed by atoms with van der Waals surface area (Å²) < 4.78 is 5.23. The van der Waals surface area contributed by atoms with Gasteiger partial charge >= 0.3 is 0 Å². The molecule has 2 aliphatic rings. The predicted octanol–water partition coefficient (Wildman–Crippen LogP) is 4.72. The molecule has 4 heteroatoms. The molecular formula is C21H22ClNO2. The topological polar surface area (TPSA) is 38.3 Å². The summed E-state index contributed by atoms with van der Waals surface area (Å²) in [6.07, 6.45) is 3.24. The van der Waals surface area contributed by atoms with Crippen LogP contribution in [0.5, 0.6) is 5.75 Å². The molecule has 2 aromatic carbocycles. The maximum atomic E-state index is 12.8. The Morgan fingerprint density at radius 1 is 1.16 bits per heavy atom. The van der Waals surface area contributed by atoms with Gasteiger partial charge in [0, 0.05) is 10.9 Å². The molecule has 25 heavy (non-hydrogen) atoms. The van der Waals surface area contributed by atoms with E-state index in [1.54, 1.807) is 7.11 Å². The lowest BCUT2D eigenvalue weighted by molar-refractivity contribution is -0.123. The molecule has 2 fully saturated rings. The highest BCUT2D eigenvalue weighted by molar-refractivity contribution is 6.31. The predicted molar refractivity (Wildman–Crippen MR) is 98.9 cm³/mol. The Morgan fingerprint density at radius 2 is 1.88 bits per heavy atom. The summed E-state index contributed by atoms with van der Waals surface area (Å²) in [6.45, 7) is 0. The summed E-state index contributed by atoms with van der Waals surface area (Å²) in [4.78, 5) is 12.8. The minimum Gasteiger partial charge on any atom is -0.497 e. The van der Waals surface area contributed by atoms with E-state index in [0.29, 0.717) is 5.92 Å². The summed E-state index contributed by atoms with van der Waals surface area (Å²) in [5, 5.41) is 4.05. The van der Waals surface area contributed by atoms with Crippen molar-refractivity contribution in [2.24, 2.45) is 11.8 Å². The Bertz CT molecular complexity index is 770. The summed E-state index contributed by atoms with van der Waals surface area (Å²) in [5.74, 6) is 1.84. The van der Waals surface area contributed by atoms with Crippen molar-refractivity contribution in [1.82, 2.24) is 5.32 Å².